The van der Waals surface area contributed by atoms with Crippen LogP contribution in [-0.4, -0.2) is 14.7 Å². The van der Waals surface area contributed by atoms with Crippen LogP contribution in [0.3, 0.4) is 0 Å². The smallest absolute Gasteiger partial charge is 0.224 e. The third kappa shape index (κ3) is 3.77. The fourth-order valence-electron chi connectivity index (χ4n) is 3.18. The Morgan fingerprint density at radius 2 is 1.52 bits per heavy atom. The molecule has 0 aromatic heterocycles. The molecule has 0 amide bonds. The van der Waals surface area contributed by atoms with Gasteiger partial charge in [0, 0.05) is 11.8 Å². The summed E-state index contributed by atoms with van der Waals surface area (Å²) in [5.74, 6) is 0. The molecule has 1 aliphatic rings. The van der Waals surface area contributed by atoms with Crippen molar-refractivity contribution in [3.63, 3.8) is 0 Å². The number of allylic oxidation sites excluding steroid dienone is 2. The Labute approximate surface area is 151 Å². The summed E-state index contributed by atoms with van der Waals surface area (Å²) in [5, 5.41) is 0.0682. The summed E-state index contributed by atoms with van der Waals surface area (Å²) in [7, 11) is -3.23. The van der Waals surface area contributed by atoms with E-state index in [-0.39, 0.29) is 15.5 Å². The second-order valence-electron chi connectivity index (χ2n) is 6.14. The minimum atomic E-state index is -3.23. The number of hydrogen-bond donors (Lipinski definition) is 0. The average molecular weight is 383 g/mol. The van der Waals surface area contributed by atoms with Gasteiger partial charge in [-0.15, -0.1) is 0 Å². The maximum absolute atomic E-state index is 12.9. The largest absolute Gasteiger partial charge is 0.265 e. The molecule has 0 radical (unpaired) electrons. The van der Waals surface area contributed by atoms with Gasteiger partial charge in [0.2, 0.25) is 0 Å². The second kappa shape index (κ2) is 6.89. The first kappa shape index (κ1) is 18.1. The van der Waals surface area contributed by atoms with E-state index in [1.54, 1.807) is 36.4 Å². The lowest BCUT2D eigenvalue weighted by molar-refractivity contribution is 0.151. The Morgan fingerprint density at radius 3 is 2.04 bits per heavy atom. The number of sulfone groups is 1. The van der Waals surface area contributed by atoms with Gasteiger partial charge in [0.25, 0.3) is 6.43 Å². The molecule has 0 spiro atoms. The Bertz CT molecular complexity index is 932. The fraction of sp³-hybridized carbons (Fsp3) is 0.263. The first-order valence-electron chi connectivity index (χ1n) is 7.88. The lowest BCUT2D eigenvalue weighted by Gasteiger charge is -2.11. The first-order valence-corrected chi connectivity index (χ1v) is 10.1. The molecule has 25 heavy (non-hydrogen) atoms. The molecule has 2 nitrogen and oxygen atoms in total. The maximum Gasteiger partial charge on any atom is 0.265 e. The van der Waals surface area contributed by atoms with E-state index in [1.807, 2.05) is 0 Å². The quantitative estimate of drug-likeness (QED) is 0.672. The minimum Gasteiger partial charge on any atom is -0.224 e. The van der Waals surface area contributed by atoms with E-state index in [1.165, 1.54) is 12.3 Å². The molecule has 132 valence electrons. The Kier molecular flexibility index (Phi) is 4.98. The minimum absolute atomic E-state index is 0.0682. The van der Waals surface area contributed by atoms with Crippen molar-refractivity contribution in [3.05, 3.63) is 64.2 Å². The van der Waals surface area contributed by atoms with Gasteiger partial charge in [0.1, 0.15) is 0 Å². The Hall–Kier alpha value is -1.72. The molecule has 6 heteroatoms. The van der Waals surface area contributed by atoms with Crippen LogP contribution in [0.4, 0.5) is 8.78 Å². The summed E-state index contributed by atoms with van der Waals surface area (Å²) < 4.78 is 48.9. The van der Waals surface area contributed by atoms with Crippen LogP contribution < -0.4 is 0 Å². The number of rotatable bonds is 4. The van der Waals surface area contributed by atoms with Crippen molar-refractivity contribution in [1.82, 2.24) is 0 Å². The molecule has 0 atom stereocenters. The zero-order valence-electron chi connectivity index (χ0n) is 13.6. The van der Waals surface area contributed by atoms with E-state index in [0.717, 1.165) is 41.5 Å². The van der Waals surface area contributed by atoms with Crippen LogP contribution in [0.2, 0.25) is 5.02 Å². The van der Waals surface area contributed by atoms with Crippen molar-refractivity contribution in [2.75, 3.05) is 6.26 Å². The molecule has 0 bridgehead atoms. The van der Waals surface area contributed by atoms with E-state index in [4.69, 9.17) is 11.6 Å². The highest BCUT2D eigenvalue weighted by molar-refractivity contribution is 7.90. The third-order valence-corrected chi connectivity index (χ3v) is 5.89. The molecule has 1 aliphatic carbocycles. The topological polar surface area (TPSA) is 34.1 Å². The van der Waals surface area contributed by atoms with E-state index in [9.17, 15) is 17.2 Å². The monoisotopic (exact) mass is 382 g/mol. The zero-order valence-corrected chi connectivity index (χ0v) is 15.2. The van der Waals surface area contributed by atoms with Crippen molar-refractivity contribution in [3.8, 4) is 0 Å². The van der Waals surface area contributed by atoms with Crippen molar-refractivity contribution in [1.29, 1.82) is 0 Å². The Balaban J connectivity index is 2.02. The van der Waals surface area contributed by atoms with Crippen LogP contribution in [0, 0.1) is 0 Å². The standard InChI is InChI=1S/C19H17ClF2O2S/c1-25(23,24)14-8-5-12(6-9-14)15-3-2-4-16(15)13-7-10-17(19(21)22)18(20)11-13/h5-11,19H,2-4H2,1H3. The van der Waals surface area contributed by atoms with Crippen molar-refractivity contribution in [2.24, 2.45) is 0 Å². The molecule has 0 N–H and O–H groups in total. The van der Waals surface area contributed by atoms with Crippen molar-refractivity contribution < 1.29 is 17.2 Å². The summed E-state index contributed by atoms with van der Waals surface area (Å²) in [6.45, 7) is 0. The Morgan fingerprint density at radius 1 is 0.960 bits per heavy atom. The molecular weight excluding hydrogens is 366 g/mol. The normalized spacial score (nSPS) is 15.2. The number of halogens is 3. The highest BCUT2D eigenvalue weighted by Gasteiger charge is 2.20. The second-order valence-corrected chi connectivity index (χ2v) is 8.57. The summed E-state index contributed by atoms with van der Waals surface area (Å²) >= 11 is 6.00. The van der Waals surface area contributed by atoms with Gasteiger partial charge in [-0.2, -0.15) is 0 Å². The number of hydrogen-bond acceptors (Lipinski definition) is 2. The molecule has 0 heterocycles. The van der Waals surface area contributed by atoms with Gasteiger partial charge in [-0.1, -0.05) is 35.9 Å². The lowest BCUT2D eigenvalue weighted by atomic mass is 9.96. The summed E-state index contributed by atoms with van der Waals surface area (Å²) in [6, 6.07) is 11.4. The fourth-order valence-corrected chi connectivity index (χ4v) is 4.07. The van der Waals surface area contributed by atoms with Gasteiger partial charge in [0.15, 0.2) is 9.84 Å². The molecule has 0 saturated heterocycles. The van der Waals surface area contributed by atoms with Crippen molar-refractivity contribution in [2.45, 2.75) is 30.6 Å². The van der Waals surface area contributed by atoms with Gasteiger partial charge in [-0.05, 0) is 59.7 Å². The van der Waals surface area contributed by atoms with Gasteiger partial charge >= 0.3 is 0 Å². The zero-order chi connectivity index (χ0) is 18.2. The first-order chi connectivity index (χ1) is 11.8. The molecule has 0 saturated carbocycles. The van der Waals surface area contributed by atoms with Crippen LogP contribution >= 0.6 is 11.6 Å². The van der Waals surface area contributed by atoms with Gasteiger partial charge < -0.3 is 0 Å². The van der Waals surface area contributed by atoms with Crippen LogP contribution in [-0.2, 0) is 9.84 Å². The van der Waals surface area contributed by atoms with Crippen molar-refractivity contribution >= 4 is 32.6 Å². The molecule has 2 aromatic rings. The molecular formula is C19H17ClF2O2S. The van der Waals surface area contributed by atoms with E-state index >= 15 is 0 Å². The molecule has 2 aromatic carbocycles. The summed E-state index contributed by atoms with van der Waals surface area (Å²) in [5.41, 5.74) is 3.82. The molecule has 0 fully saturated rings. The molecule has 0 aliphatic heterocycles. The highest BCUT2D eigenvalue weighted by Crippen LogP contribution is 2.41. The van der Waals surface area contributed by atoms with Crippen LogP contribution in [0.25, 0.3) is 11.1 Å². The predicted octanol–water partition coefficient (Wildman–Crippen LogP) is 5.78. The molecule has 0 unspecified atom stereocenters. The van der Waals surface area contributed by atoms with Gasteiger partial charge in [0.05, 0.1) is 9.92 Å². The number of benzene rings is 2. The van der Waals surface area contributed by atoms with E-state index in [0.29, 0.717) is 0 Å². The maximum atomic E-state index is 12.9. The summed E-state index contributed by atoms with van der Waals surface area (Å²) in [4.78, 5) is 0.278. The number of alkyl halides is 2. The van der Waals surface area contributed by atoms with Crippen LogP contribution in [0.1, 0.15) is 42.4 Å². The van der Waals surface area contributed by atoms with E-state index in [2.05, 4.69) is 0 Å². The predicted molar refractivity (Wildman–Crippen MR) is 96.6 cm³/mol. The van der Waals surface area contributed by atoms with Gasteiger partial charge in [-0.3, -0.25) is 0 Å². The lowest BCUT2D eigenvalue weighted by Crippen LogP contribution is -1.97. The third-order valence-electron chi connectivity index (χ3n) is 4.43. The average Bonchev–Trinajstić information content (AvgIpc) is 3.03. The highest BCUT2D eigenvalue weighted by atomic mass is 35.5. The SMILES string of the molecule is CS(=O)(=O)c1ccc(C2=C(c3ccc(C(F)F)c(Cl)c3)CCC2)cc1. The van der Waals surface area contributed by atoms with Crippen LogP contribution in [0.15, 0.2) is 47.4 Å². The summed E-state index contributed by atoms with van der Waals surface area (Å²) in [6.07, 6.45) is 1.25. The van der Waals surface area contributed by atoms with Gasteiger partial charge in [-0.25, -0.2) is 17.2 Å². The van der Waals surface area contributed by atoms with E-state index < -0.39 is 16.3 Å². The molecule has 3 rings (SSSR count). The van der Waals surface area contributed by atoms with Crippen LogP contribution in [0.5, 0.6) is 0 Å².